The van der Waals surface area contributed by atoms with Crippen molar-refractivity contribution in [3.05, 3.63) is 58.1 Å². The maximum Gasteiger partial charge on any atom is 0.280 e. The highest BCUT2D eigenvalue weighted by Crippen LogP contribution is 2.31. The van der Waals surface area contributed by atoms with Crippen LogP contribution in [0.3, 0.4) is 0 Å². The molecule has 0 atom stereocenters. The number of nitrogens with zero attached hydrogens (tertiary/aromatic N) is 2. The summed E-state index contributed by atoms with van der Waals surface area (Å²) in [6, 6.07) is 12.5. The van der Waals surface area contributed by atoms with Gasteiger partial charge in [0.2, 0.25) is 0 Å². The summed E-state index contributed by atoms with van der Waals surface area (Å²) in [6.07, 6.45) is 1.75. The molecule has 2 aromatic carbocycles. The van der Waals surface area contributed by atoms with Gasteiger partial charge in [0.25, 0.3) is 11.8 Å². The number of amides is 2. The number of carbonyl (C=O) groups excluding carboxylic acids is 2. The number of nitrogens with two attached hydrogens (primary N) is 1. The summed E-state index contributed by atoms with van der Waals surface area (Å²) < 4.78 is 11.9. The number of hydrogen-bond acceptors (Lipinski definition) is 5. The number of rotatable bonds is 7. The van der Waals surface area contributed by atoms with Gasteiger partial charge in [-0.3, -0.25) is 9.59 Å². The third kappa shape index (κ3) is 4.83. The standard InChI is InChI=1S/C21H20BrN3O4/c1-3-28-19-11-14(4-9-18(19)29-12-20(23)26)10-17-13(2)24-25(21(17)27)16-7-5-15(22)6-8-16/h4-11H,3,12H2,1-2H3,(H2,23,26)/b17-10-. The summed E-state index contributed by atoms with van der Waals surface area (Å²) in [6.45, 7) is 3.81. The molecule has 0 fully saturated rings. The highest BCUT2D eigenvalue weighted by Gasteiger charge is 2.28. The first-order valence-electron chi connectivity index (χ1n) is 8.94. The van der Waals surface area contributed by atoms with Crippen LogP contribution in [0.4, 0.5) is 5.69 Å². The monoisotopic (exact) mass is 457 g/mol. The Bertz CT molecular complexity index is 999. The predicted octanol–water partition coefficient (Wildman–Crippen LogP) is 3.52. The van der Waals surface area contributed by atoms with Gasteiger partial charge < -0.3 is 15.2 Å². The van der Waals surface area contributed by atoms with Crippen molar-refractivity contribution in [2.45, 2.75) is 13.8 Å². The molecule has 0 bridgehead atoms. The molecular formula is C21H20BrN3O4. The van der Waals surface area contributed by atoms with Crippen LogP contribution in [0.5, 0.6) is 11.5 Å². The van der Waals surface area contributed by atoms with E-state index in [1.54, 1.807) is 31.2 Å². The molecule has 0 radical (unpaired) electrons. The van der Waals surface area contributed by atoms with Crippen LogP contribution in [-0.4, -0.2) is 30.7 Å². The first-order chi connectivity index (χ1) is 13.9. The van der Waals surface area contributed by atoms with Gasteiger partial charge in [0.15, 0.2) is 18.1 Å². The van der Waals surface area contributed by atoms with Crippen LogP contribution in [0, 0.1) is 0 Å². The average Bonchev–Trinajstić information content (AvgIpc) is 2.96. The van der Waals surface area contributed by atoms with Gasteiger partial charge in [0.1, 0.15) is 0 Å². The van der Waals surface area contributed by atoms with Crippen molar-refractivity contribution in [3.8, 4) is 11.5 Å². The Labute approximate surface area is 176 Å². The van der Waals surface area contributed by atoms with E-state index in [4.69, 9.17) is 15.2 Å². The molecule has 0 spiro atoms. The summed E-state index contributed by atoms with van der Waals surface area (Å²) in [5, 5.41) is 5.76. The van der Waals surface area contributed by atoms with Gasteiger partial charge >= 0.3 is 0 Å². The molecule has 150 valence electrons. The first kappa shape index (κ1) is 20.6. The smallest absolute Gasteiger partial charge is 0.280 e. The van der Waals surface area contributed by atoms with Crippen LogP contribution < -0.4 is 20.2 Å². The third-order valence-corrected chi connectivity index (χ3v) is 4.61. The summed E-state index contributed by atoms with van der Waals surface area (Å²) in [5.41, 5.74) is 7.67. The van der Waals surface area contributed by atoms with E-state index in [9.17, 15) is 9.59 Å². The molecule has 3 rings (SSSR count). The normalized spacial score (nSPS) is 14.9. The van der Waals surface area contributed by atoms with E-state index in [0.29, 0.717) is 35.1 Å². The van der Waals surface area contributed by atoms with Crippen molar-refractivity contribution in [3.63, 3.8) is 0 Å². The summed E-state index contributed by atoms with van der Waals surface area (Å²) in [5.74, 6) is 0.0900. The predicted molar refractivity (Wildman–Crippen MR) is 115 cm³/mol. The number of hydrazone groups is 1. The molecule has 2 N–H and O–H groups in total. The molecule has 8 heteroatoms. The lowest BCUT2D eigenvalue weighted by atomic mass is 10.1. The lowest BCUT2D eigenvalue weighted by Crippen LogP contribution is -2.21. The van der Waals surface area contributed by atoms with Crippen LogP contribution in [0.25, 0.3) is 6.08 Å². The van der Waals surface area contributed by atoms with Crippen molar-refractivity contribution >= 4 is 45.2 Å². The van der Waals surface area contributed by atoms with E-state index < -0.39 is 5.91 Å². The minimum atomic E-state index is -0.574. The molecule has 2 aromatic rings. The molecule has 1 aliphatic heterocycles. The zero-order valence-electron chi connectivity index (χ0n) is 16.0. The molecule has 2 amide bonds. The molecule has 29 heavy (non-hydrogen) atoms. The van der Waals surface area contributed by atoms with Gasteiger partial charge in [-0.2, -0.15) is 10.1 Å². The first-order valence-corrected chi connectivity index (χ1v) is 9.73. The Morgan fingerprint density at radius 1 is 1.17 bits per heavy atom. The molecule has 0 saturated carbocycles. The minimum absolute atomic E-state index is 0.211. The number of ether oxygens (including phenoxy) is 2. The maximum atomic E-state index is 12.9. The van der Waals surface area contributed by atoms with Gasteiger partial charge in [0.05, 0.1) is 23.6 Å². The quantitative estimate of drug-likeness (QED) is 0.643. The number of hydrogen-bond donors (Lipinski definition) is 1. The fourth-order valence-electron chi connectivity index (χ4n) is 2.76. The van der Waals surface area contributed by atoms with Crippen molar-refractivity contribution < 1.29 is 19.1 Å². The van der Waals surface area contributed by atoms with Crippen molar-refractivity contribution in [1.82, 2.24) is 0 Å². The SMILES string of the molecule is CCOc1cc(/C=C2\C(=O)N(c3ccc(Br)cc3)N=C2C)ccc1OCC(N)=O. The lowest BCUT2D eigenvalue weighted by Gasteiger charge is -2.12. The summed E-state index contributed by atoms with van der Waals surface area (Å²) >= 11 is 3.38. The number of halogens is 1. The Balaban J connectivity index is 1.88. The molecular weight excluding hydrogens is 438 g/mol. The van der Waals surface area contributed by atoms with Crippen LogP contribution in [-0.2, 0) is 9.59 Å². The Hall–Kier alpha value is -3.13. The molecule has 1 heterocycles. The van der Waals surface area contributed by atoms with Crippen molar-refractivity contribution in [2.24, 2.45) is 10.8 Å². The van der Waals surface area contributed by atoms with E-state index in [0.717, 1.165) is 10.0 Å². The van der Waals surface area contributed by atoms with Gasteiger partial charge in [-0.25, -0.2) is 0 Å². The summed E-state index contributed by atoms with van der Waals surface area (Å²) in [7, 11) is 0. The number of primary amides is 1. The van der Waals surface area contributed by atoms with Crippen LogP contribution in [0.1, 0.15) is 19.4 Å². The molecule has 1 aliphatic rings. The topological polar surface area (TPSA) is 94.2 Å². The molecule has 0 aromatic heterocycles. The van der Waals surface area contributed by atoms with Crippen LogP contribution >= 0.6 is 15.9 Å². The minimum Gasteiger partial charge on any atom is -0.490 e. The van der Waals surface area contributed by atoms with Gasteiger partial charge in [-0.05, 0) is 61.9 Å². The average molecular weight is 458 g/mol. The van der Waals surface area contributed by atoms with E-state index >= 15 is 0 Å². The second kappa shape index (κ2) is 8.91. The second-order valence-electron chi connectivity index (χ2n) is 6.23. The molecule has 7 nitrogen and oxygen atoms in total. The van der Waals surface area contributed by atoms with E-state index in [1.807, 2.05) is 31.2 Å². The maximum absolute atomic E-state index is 12.9. The lowest BCUT2D eigenvalue weighted by molar-refractivity contribution is -0.120. The highest BCUT2D eigenvalue weighted by molar-refractivity contribution is 9.10. The fraction of sp³-hybridized carbons (Fsp3) is 0.190. The van der Waals surface area contributed by atoms with E-state index in [2.05, 4.69) is 21.0 Å². The Kier molecular flexibility index (Phi) is 6.33. The van der Waals surface area contributed by atoms with Gasteiger partial charge in [-0.15, -0.1) is 0 Å². The van der Waals surface area contributed by atoms with Crippen molar-refractivity contribution in [2.75, 3.05) is 18.2 Å². The molecule has 0 saturated heterocycles. The fourth-order valence-corrected chi connectivity index (χ4v) is 3.02. The second-order valence-corrected chi connectivity index (χ2v) is 7.15. The largest absolute Gasteiger partial charge is 0.490 e. The number of benzene rings is 2. The number of anilines is 1. The van der Waals surface area contributed by atoms with Crippen molar-refractivity contribution in [1.29, 1.82) is 0 Å². The number of carbonyl (C=O) groups is 2. The summed E-state index contributed by atoms with van der Waals surface area (Å²) in [4.78, 5) is 23.9. The highest BCUT2D eigenvalue weighted by atomic mass is 79.9. The van der Waals surface area contributed by atoms with Crippen LogP contribution in [0.15, 0.2) is 57.6 Å². The molecule has 0 aliphatic carbocycles. The zero-order chi connectivity index (χ0) is 21.0. The van der Waals surface area contributed by atoms with Gasteiger partial charge in [0, 0.05) is 4.47 Å². The Morgan fingerprint density at radius 3 is 2.55 bits per heavy atom. The van der Waals surface area contributed by atoms with Crippen LogP contribution in [0.2, 0.25) is 0 Å². The van der Waals surface area contributed by atoms with E-state index in [-0.39, 0.29) is 12.5 Å². The molecule has 0 unspecified atom stereocenters. The Morgan fingerprint density at radius 2 is 1.90 bits per heavy atom. The zero-order valence-corrected chi connectivity index (χ0v) is 17.6. The third-order valence-electron chi connectivity index (χ3n) is 4.08. The van der Waals surface area contributed by atoms with Gasteiger partial charge in [-0.1, -0.05) is 22.0 Å². The van der Waals surface area contributed by atoms with E-state index in [1.165, 1.54) is 5.01 Å².